The van der Waals surface area contributed by atoms with Crippen LogP contribution in [0.25, 0.3) is 0 Å². The fourth-order valence-electron chi connectivity index (χ4n) is 1.90. The SMILES string of the molecule is c1ccc(COCOCOCOCOCOCc2ccccc2)cc1. The molecule has 2 aromatic rings. The Morgan fingerprint density at radius 3 is 1.08 bits per heavy atom. The van der Waals surface area contributed by atoms with Crippen molar-refractivity contribution in [3.05, 3.63) is 71.8 Å². The molecule has 6 nitrogen and oxygen atoms in total. The molecule has 0 aliphatic carbocycles. The van der Waals surface area contributed by atoms with Crippen LogP contribution in [-0.2, 0) is 41.6 Å². The highest BCUT2D eigenvalue weighted by atomic mass is 16.8. The summed E-state index contributed by atoms with van der Waals surface area (Å²) in [4.78, 5) is 0. The summed E-state index contributed by atoms with van der Waals surface area (Å²) in [6, 6.07) is 19.8. The van der Waals surface area contributed by atoms with E-state index in [1.54, 1.807) is 0 Å². The van der Waals surface area contributed by atoms with E-state index >= 15 is 0 Å². The third kappa shape index (κ3) is 9.93. The highest BCUT2D eigenvalue weighted by molar-refractivity contribution is 5.13. The lowest BCUT2D eigenvalue weighted by molar-refractivity contribution is -0.207. The molecule has 2 aromatic carbocycles. The van der Waals surface area contributed by atoms with E-state index < -0.39 is 0 Å². The Morgan fingerprint density at radius 1 is 0.400 bits per heavy atom. The molecule has 0 aliphatic rings. The molecule has 0 fully saturated rings. The molecular formula is C19H24O6. The van der Waals surface area contributed by atoms with E-state index in [4.69, 9.17) is 28.4 Å². The molecule has 2 rings (SSSR count). The maximum atomic E-state index is 5.34. The Hall–Kier alpha value is -1.80. The molecule has 25 heavy (non-hydrogen) atoms. The topological polar surface area (TPSA) is 55.4 Å². The summed E-state index contributed by atoms with van der Waals surface area (Å²) in [5.74, 6) is 0. The molecule has 0 aliphatic heterocycles. The van der Waals surface area contributed by atoms with Crippen LogP contribution >= 0.6 is 0 Å². The van der Waals surface area contributed by atoms with Crippen molar-refractivity contribution in [2.24, 2.45) is 0 Å². The maximum absolute atomic E-state index is 5.34. The molecular weight excluding hydrogens is 324 g/mol. The smallest absolute Gasteiger partial charge is 0.152 e. The van der Waals surface area contributed by atoms with Gasteiger partial charge in [-0.2, -0.15) is 0 Å². The molecule has 0 bridgehead atoms. The Bertz CT molecular complexity index is 485. The lowest BCUT2D eigenvalue weighted by Crippen LogP contribution is -2.10. The lowest BCUT2D eigenvalue weighted by Gasteiger charge is -2.08. The first-order valence-electron chi connectivity index (χ1n) is 7.99. The fraction of sp³-hybridized carbons (Fsp3) is 0.368. The van der Waals surface area contributed by atoms with Crippen molar-refractivity contribution in [1.82, 2.24) is 0 Å². The van der Waals surface area contributed by atoms with E-state index in [1.165, 1.54) is 0 Å². The monoisotopic (exact) mass is 348 g/mol. The molecule has 0 saturated carbocycles. The molecule has 0 amide bonds. The first-order valence-corrected chi connectivity index (χ1v) is 7.99. The first kappa shape index (κ1) is 19.5. The van der Waals surface area contributed by atoms with Gasteiger partial charge in [0.2, 0.25) is 0 Å². The van der Waals surface area contributed by atoms with Crippen LogP contribution in [-0.4, -0.2) is 34.0 Å². The number of hydrogen-bond acceptors (Lipinski definition) is 6. The van der Waals surface area contributed by atoms with Crippen LogP contribution in [0.15, 0.2) is 60.7 Å². The van der Waals surface area contributed by atoms with E-state index in [2.05, 4.69) is 0 Å². The van der Waals surface area contributed by atoms with Gasteiger partial charge >= 0.3 is 0 Å². The molecule has 0 heterocycles. The van der Waals surface area contributed by atoms with Gasteiger partial charge in [0, 0.05) is 0 Å². The maximum Gasteiger partial charge on any atom is 0.152 e. The second-order valence-electron chi connectivity index (χ2n) is 5.07. The van der Waals surface area contributed by atoms with Gasteiger partial charge in [-0.1, -0.05) is 60.7 Å². The van der Waals surface area contributed by atoms with Crippen LogP contribution in [0.5, 0.6) is 0 Å². The average Bonchev–Trinajstić information content (AvgIpc) is 2.67. The largest absolute Gasteiger partial charge is 0.351 e. The van der Waals surface area contributed by atoms with Crippen molar-refractivity contribution in [2.45, 2.75) is 13.2 Å². The Morgan fingerprint density at radius 2 is 0.720 bits per heavy atom. The third-order valence-electron chi connectivity index (χ3n) is 3.06. The molecule has 0 spiro atoms. The van der Waals surface area contributed by atoms with E-state index in [0.717, 1.165) is 11.1 Å². The predicted molar refractivity (Wildman–Crippen MR) is 91.1 cm³/mol. The number of hydrogen-bond donors (Lipinski definition) is 0. The quantitative estimate of drug-likeness (QED) is 0.386. The highest BCUT2D eigenvalue weighted by Crippen LogP contribution is 2.01. The second kappa shape index (κ2) is 13.5. The van der Waals surface area contributed by atoms with Crippen LogP contribution in [0.2, 0.25) is 0 Å². The molecule has 0 atom stereocenters. The molecule has 0 unspecified atom stereocenters. The zero-order valence-corrected chi connectivity index (χ0v) is 14.2. The number of ether oxygens (including phenoxy) is 6. The van der Waals surface area contributed by atoms with Crippen molar-refractivity contribution in [1.29, 1.82) is 0 Å². The predicted octanol–water partition coefficient (Wildman–Crippen LogP) is 3.27. The van der Waals surface area contributed by atoms with Gasteiger partial charge in [-0.25, -0.2) is 0 Å². The van der Waals surface area contributed by atoms with Crippen LogP contribution in [0, 0.1) is 0 Å². The van der Waals surface area contributed by atoms with Crippen molar-refractivity contribution >= 4 is 0 Å². The van der Waals surface area contributed by atoms with Gasteiger partial charge in [0.15, 0.2) is 20.4 Å². The summed E-state index contributed by atoms with van der Waals surface area (Å²) in [5.41, 5.74) is 2.20. The first-order chi connectivity index (χ1) is 12.4. The molecule has 0 aromatic heterocycles. The van der Waals surface area contributed by atoms with E-state index in [-0.39, 0.29) is 34.0 Å². The van der Waals surface area contributed by atoms with Crippen LogP contribution in [0.1, 0.15) is 11.1 Å². The van der Waals surface area contributed by atoms with Gasteiger partial charge in [0.1, 0.15) is 13.6 Å². The molecule has 0 N–H and O–H groups in total. The standard InChI is InChI=1S/C19H24O6/c1-3-7-18(8-4-1)11-20-13-22-15-24-17-25-16-23-14-21-12-19-9-5-2-6-10-19/h1-10H,11-17H2. The van der Waals surface area contributed by atoms with Gasteiger partial charge < -0.3 is 28.4 Å². The minimum Gasteiger partial charge on any atom is -0.351 e. The normalized spacial score (nSPS) is 10.9. The third-order valence-corrected chi connectivity index (χ3v) is 3.06. The molecule has 0 saturated heterocycles. The molecule has 0 radical (unpaired) electrons. The Kier molecular flexibility index (Phi) is 10.5. The summed E-state index contributed by atoms with van der Waals surface area (Å²) in [6.45, 7) is 1.62. The summed E-state index contributed by atoms with van der Waals surface area (Å²) in [5, 5.41) is 0. The zero-order chi connectivity index (χ0) is 17.4. The minimum absolute atomic E-state index is 0.0807. The second-order valence-corrected chi connectivity index (χ2v) is 5.07. The minimum atomic E-state index is 0.0807. The summed E-state index contributed by atoms with van der Waals surface area (Å²) in [7, 11) is 0. The summed E-state index contributed by atoms with van der Waals surface area (Å²) in [6.07, 6.45) is 0. The van der Waals surface area contributed by atoms with Crippen molar-refractivity contribution in [3.63, 3.8) is 0 Å². The zero-order valence-electron chi connectivity index (χ0n) is 14.2. The highest BCUT2D eigenvalue weighted by Gasteiger charge is 1.94. The lowest BCUT2D eigenvalue weighted by atomic mass is 10.2. The van der Waals surface area contributed by atoms with Crippen molar-refractivity contribution in [2.75, 3.05) is 34.0 Å². The number of benzene rings is 2. The van der Waals surface area contributed by atoms with Gasteiger partial charge in [0.05, 0.1) is 13.2 Å². The van der Waals surface area contributed by atoms with Crippen LogP contribution in [0.4, 0.5) is 0 Å². The van der Waals surface area contributed by atoms with Gasteiger partial charge in [0.25, 0.3) is 0 Å². The van der Waals surface area contributed by atoms with E-state index in [0.29, 0.717) is 13.2 Å². The van der Waals surface area contributed by atoms with Crippen molar-refractivity contribution in [3.8, 4) is 0 Å². The van der Waals surface area contributed by atoms with Gasteiger partial charge in [-0.15, -0.1) is 0 Å². The number of rotatable bonds is 14. The summed E-state index contributed by atoms with van der Waals surface area (Å²) < 4.78 is 31.2. The fourth-order valence-corrected chi connectivity index (χ4v) is 1.90. The Balaban J connectivity index is 1.30. The van der Waals surface area contributed by atoms with Gasteiger partial charge in [-0.3, -0.25) is 0 Å². The average molecular weight is 348 g/mol. The van der Waals surface area contributed by atoms with Crippen LogP contribution < -0.4 is 0 Å². The van der Waals surface area contributed by atoms with Crippen molar-refractivity contribution < 1.29 is 28.4 Å². The van der Waals surface area contributed by atoms with E-state index in [1.807, 2.05) is 60.7 Å². The Labute approximate surface area is 148 Å². The van der Waals surface area contributed by atoms with Crippen LogP contribution in [0.3, 0.4) is 0 Å². The molecule has 6 heteroatoms. The van der Waals surface area contributed by atoms with Gasteiger partial charge in [-0.05, 0) is 11.1 Å². The van der Waals surface area contributed by atoms with E-state index in [9.17, 15) is 0 Å². The molecule has 136 valence electrons. The summed E-state index contributed by atoms with van der Waals surface area (Å²) >= 11 is 0.